The van der Waals surface area contributed by atoms with E-state index in [-0.39, 0.29) is 11.9 Å². The molecule has 0 aliphatic carbocycles. The smallest absolute Gasteiger partial charge is 0.168 e. The van der Waals surface area contributed by atoms with Crippen LogP contribution in [0.15, 0.2) is 48.6 Å². The molecule has 2 nitrogen and oxygen atoms in total. The van der Waals surface area contributed by atoms with Crippen molar-refractivity contribution in [3.8, 4) is 0 Å². The summed E-state index contributed by atoms with van der Waals surface area (Å²) in [4.78, 5) is 0. The van der Waals surface area contributed by atoms with Crippen LogP contribution in [-0.4, -0.2) is 18.5 Å². The van der Waals surface area contributed by atoms with E-state index >= 15 is 0 Å². The van der Waals surface area contributed by atoms with Crippen molar-refractivity contribution in [3.63, 3.8) is 0 Å². The van der Waals surface area contributed by atoms with E-state index in [1.54, 1.807) is 0 Å². The summed E-state index contributed by atoms with van der Waals surface area (Å²) in [5.74, 6) is -0.287. The topological polar surface area (TPSA) is 18.5 Å². The molecule has 0 amide bonds. The molecule has 0 bridgehead atoms. The zero-order valence-corrected chi connectivity index (χ0v) is 27.9. The molecule has 41 heavy (non-hydrogen) atoms. The molecular formula is C39H70O2. The maximum Gasteiger partial charge on any atom is 0.168 e. The van der Waals surface area contributed by atoms with Gasteiger partial charge in [-0.15, -0.1) is 0 Å². The first kappa shape index (κ1) is 37.9. The van der Waals surface area contributed by atoms with E-state index in [2.05, 4.69) is 69.4 Å². The molecular weight excluding hydrogens is 500 g/mol. The molecule has 2 atom stereocenters. The molecule has 0 N–H and O–H groups in total. The number of unbranched alkanes of at least 4 members (excludes halogenated alkanes) is 17. The van der Waals surface area contributed by atoms with Gasteiger partial charge < -0.3 is 9.47 Å². The number of hydrogen-bond acceptors (Lipinski definition) is 2. The van der Waals surface area contributed by atoms with E-state index in [9.17, 15) is 0 Å². The summed E-state index contributed by atoms with van der Waals surface area (Å²) in [5, 5.41) is 0. The van der Waals surface area contributed by atoms with Crippen molar-refractivity contribution in [3.05, 3.63) is 48.6 Å². The highest BCUT2D eigenvalue weighted by Gasteiger charge is 2.38. The summed E-state index contributed by atoms with van der Waals surface area (Å²) in [6, 6.07) is 0. The Bertz CT molecular complexity index is 660. The summed E-state index contributed by atoms with van der Waals surface area (Å²) in [7, 11) is 0. The highest BCUT2D eigenvalue weighted by Crippen LogP contribution is 2.34. The van der Waals surface area contributed by atoms with E-state index in [1.807, 2.05) is 0 Å². The van der Waals surface area contributed by atoms with Crippen LogP contribution >= 0.6 is 0 Å². The fourth-order valence-electron chi connectivity index (χ4n) is 5.67. The van der Waals surface area contributed by atoms with Gasteiger partial charge in [0.2, 0.25) is 0 Å². The predicted molar refractivity (Wildman–Crippen MR) is 183 cm³/mol. The molecule has 1 unspecified atom stereocenters. The van der Waals surface area contributed by atoms with Gasteiger partial charge in [-0.1, -0.05) is 140 Å². The average molecular weight is 571 g/mol. The van der Waals surface area contributed by atoms with Gasteiger partial charge in [-0.05, 0) is 77.6 Å². The summed E-state index contributed by atoms with van der Waals surface area (Å²) in [6.07, 6.45) is 50.8. The summed E-state index contributed by atoms with van der Waals surface area (Å²) in [6.45, 7) is 7.45. The summed E-state index contributed by atoms with van der Waals surface area (Å²) >= 11 is 0. The fraction of sp³-hybridized carbons (Fsp3) is 0.795. The molecule has 1 saturated heterocycles. The molecule has 1 aliphatic heterocycles. The van der Waals surface area contributed by atoms with Crippen LogP contribution in [0.3, 0.4) is 0 Å². The molecule has 0 aromatic carbocycles. The van der Waals surface area contributed by atoms with E-state index in [0.29, 0.717) is 0 Å². The van der Waals surface area contributed by atoms with Gasteiger partial charge in [0.05, 0.1) is 12.7 Å². The van der Waals surface area contributed by atoms with Crippen LogP contribution in [0.5, 0.6) is 0 Å². The first-order chi connectivity index (χ1) is 20.2. The average Bonchev–Trinajstić information content (AvgIpc) is 3.35. The minimum Gasteiger partial charge on any atom is -0.347 e. The molecule has 1 aliphatic rings. The quantitative estimate of drug-likeness (QED) is 0.0657. The van der Waals surface area contributed by atoms with Crippen molar-refractivity contribution in [1.29, 1.82) is 0 Å². The maximum absolute atomic E-state index is 6.35. The lowest BCUT2D eigenvalue weighted by molar-refractivity contribution is -0.177. The highest BCUT2D eigenvalue weighted by molar-refractivity contribution is 4.93. The molecule has 0 aromatic rings. The molecule has 2 heteroatoms. The maximum atomic E-state index is 6.35. The molecule has 238 valence electrons. The van der Waals surface area contributed by atoms with Crippen LogP contribution < -0.4 is 0 Å². The standard InChI is InChI=1S/C39H70O2/c1-4-6-8-10-12-14-16-18-20-22-24-26-28-30-32-34-36-39(40-37-38(3)41-39)35-33-31-29-27-25-23-21-19-17-15-13-11-9-7-5-2/h11-14,17-20,38H,4-10,15-16,21-37H2,1-3H3/b13-11-,14-12-,19-17-,20-18-/t38-,39?/m0/s1. The lowest BCUT2D eigenvalue weighted by Gasteiger charge is -2.28. The van der Waals surface area contributed by atoms with Crippen LogP contribution in [0.4, 0.5) is 0 Å². The van der Waals surface area contributed by atoms with E-state index < -0.39 is 0 Å². The van der Waals surface area contributed by atoms with Crippen molar-refractivity contribution in [2.45, 2.75) is 193 Å². The van der Waals surface area contributed by atoms with E-state index in [4.69, 9.17) is 9.47 Å². The number of hydrogen-bond donors (Lipinski definition) is 0. The fourth-order valence-corrected chi connectivity index (χ4v) is 5.67. The Balaban J connectivity index is 2.00. The van der Waals surface area contributed by atoms with Crippen LogP contribution in [-0.2, 0) is 9.47 Å². The number of ether oxygens (including phenoxy) is 2. The Labute approximate surface area is 257 Å². The van der Waals surface area contributed by atoms with Crippen molar-refractivity contribution < 1.29 is 9.47 Å². The Morgan fingerprint density at radius 3 is 1.29 bits per heavy atom. The first-order valence-corrected chi connectivity index (χ1v) is 18.1. The van der Waals surface area contributed by atoms with Crippen molar-refractivity contribution in [2.24, 2.45) is 0 Å². The van der Waals surface area contributed by atoms with Gasteiger partial charge in [-0.2, -0.15) is 0 Å². The molecule has 1 rings (SSSR count). The third-order valence-corrected chi connectivity index (χ3v) is 8.26. The van der Waals surface area contributed by atoms with Gasteiger partial charge in [-0.3, -0.25) is 0 Å². The summed E-state index contributed by atoms with van der Waals surface area (Å²) < 4.78 is 12.6. The second-order valence-corrected chi connectivity index (χ2v) is 12.5. The van der Waals surface area contributed by atoms with Crippen LogP contribution in [0, 0.1) is 0 Å². The van der Waals surface area contributed by atoms with Gasteiger partial charge in [0.15, 0.2) is 5.79 Å². The minimum atomic E-state index is -0.287. The summed E-state index contributed by atoms with van der Waals surface area (Å²) in [5.41, 5.74) is 0. The molecule has 0 aromatic heterocycles. The monoisotopic (exact) mass is 571 g/mol. The second kappa shape index (κ2) is 29.0. The van der Waals surface area contributed by atoms with Crippen LogP contribution in [0.25, 0.3) is 0 Å². The SMILES string of the molecule is CCCC/C=C\C/C=C\CCCCCCCCC1(CCCCCCCC/C=C\C/C=C\CCCCC)OC[C@H](C)O1. The van der Waals surface area contributed by atoms with Gasteiger partial charge in [0.25, 0.3) is 0 Å². The Morgan fingerprint density at radius 2 is 0.878 bits per heavy atom. The van der Waals surface area contributed by atoms with Crippen molar-refractivity contribution >= 4 is 0 Å². The van der Waals surface area contributed by atoms with Crippen LogP contribution in [0.1, 0.15) is 181 Å². The molecule has 1 fully saturated rings. The normalized spacial score (nSPS) is 19.7. The lowest BCUT2D eigenvalue weighted by Crippen LogP contribution is -2.30. The minimum absolute atomic E-state index is 0.250. The number of rotatable bonds is 29. The van der Waals surface area contributed by atoms with Gasteiger partial charge >= 0.3 is 0 Å². The van der Waals surface area contributed by atoms with Crippen molar-refractivity contribution in [2.75, 3.05) is 6.61 Å². The molecule has 0 radical (unpaired) electrons. The Morgan fingerprint density at radius 1 is 0.488 bits per heavy atom. The Hall–Kier alpha value is -1.12. The molecule has 0 spiro atoms. The number of allylic oxidation sites excluding steroid dienone is 8. The van der Waals surface area contributed by atoms with Crippen molar-refractivity contribution in [1.82, 2.24) is 0 Å². The lowest BCUT2D eigenvalue weighted by atomic mass is 9.98. The molecule has 1 heterocycles. The predicted octanol–water partition coefficient (Wildman–Crippen LogP) is 13.1. The third kappa shape index (κ3) is 24.1. The van der Waals surface area contributed by atoms with E-state index in [1.165, 1.54) is 135 Å². The van der Waals surface area contributed by atoms with Gasteiger partial charge in [0, 0.05) is 12.8 Å². The molecule has 0 saturated carbocycles. The second-order valence-electron chi connectivity index (χ2n) is 12.5. The zero-order chi connectivity index (χ0) is 29.5. The van der Waals surface area contributed by atoms with E-state index in [0.717, 1.165) is 32.3 Å². The highest BCUT2D eigenvalue weighted by atomic mass is 16.7. The Kier molecular flexibility index (Phi) is 26.8. The largest absolute Gasteiger partial charge is 0.347 e. The first-order valence-electron chi connectivity index (χ1n) is 18.1. The van der Waals surface area contributed by atoms with Gasteiger partial charge in [0.1, 0.15) is 0 Å². The van der Waals surface area contributed by atoms with Gasteiger partial charge in [-0.25, -0.2) is 0 Å². The van der Waals surface area contributed by atoms with Crippen LogP contribution in [0.2, 0.25) is 0 Å². The zero-order valence-electron chi connectivity index (χ0n) is 27.9. The third-order valence-electron chi connectivity index (χ3n) is 8.26.